The second-order valence-corrected chi connectivity index (χ2v) is 4.95. The van der Waals surface area contributed by atoms with E-state index < -0.39 is 5.78 Å². The van der Waals surface area contributed by atoms with Crippen LogP contribution >= 0.6 is 23.2 Å². The van der Waals surface area contributed by atoms with Crippen LogP contribution in [-0.2, 0) is 0 Å². The van der Waals surface area contributed by atoms with Crippen molar-refractivity contribution >= 4 is 34.8 Å². The zero-order valence-corrected chi connectivity index (χ0v) is 11.2. The van der Waals surface area contributed by atoms with Crippen LogP contribution in [0.25, 0.3) is 0 Å². The standard InChI is InChI=1S/C13H6Cl2N2O2/c1-5-2-3-16-10-8(5)12(18)9-6(14)4-7(15)17-11(9)13(10)19/h2-4H,1H3. The van der Waals surface area contributed by atoms with Crippen LogP contribution in [0.5, 0.6) is 0 Å². The van der Waals surface area contributed by atoms with Crippen molar-refractivity contribution in [1.29, 1.82) is 0 Å². The fraction of sp³-hybridized carbons (Fsp3) is 0.0769. The van der Waals surface area contributed by atoms with Crippen molar-refractivity contribution in [2.45, 2.75) is 6.92 Å². The number of fused-ring (bicyclic) bond motifs is 2. The average molecular weight is 293 g/mol. The van der Waals surface area contributed by atoms with Crippen LogP contribution in [0.1, 0.15) is 37.7 Å². The Morgan fingerprint density at radius 1 is 1.05 bits per heavy atom. The Labute approximate surface area is 118 Å². The number of carbonyl (C=O) groups is 2. The number of hydrogen-bond acceptors (Lipinski definition) is 4. The number of ketones is 2. The maximum absolute atomic E-state index is 12.4. The Hall–Kier alpha value is -1.78. The van der Waals surface area contributed by atoms with Gasteiger partial charge in [-0.2, -0.15) is 0 Å². The molecular formula is C13H6Cl2N2O2. The third-order valence-corrected chi connectivity index (χ3v) is 3.48. The van der Waals surface area contributed by atoms with Crippen LogP contribution in [0.2, 0.25) is 10.2 Å². The van der Waals surface area contributed by atoms with Crippen LogP contribution < -0.4 is 0 Å². The number of carbonyl (C=O) groups excluding carboxylic acids is 2. The largest absolute Gasteiger partial charge is 0.288 e. The molecule has 2 aromatic rings. The van der Waals surface area contributed by atoms with E-state index in [2.05, 4.69) is 9.97 Å². The first-order valence-corrected chi connectivity index (χ1v) is 6.17. The van der Waals surface area contributed by atoms with Gasteiger partial charge in [-0.05, 0) is 24.6 Å². The van der Waals surface area contributed by atoms with Crippen molar-refractivity contribution in [1.82, 2.24) is 9.97 Å². The van der Waals surface area contributed by atoms with E-state index in [1.54, 1.807) is 13.0 Å². The summed E-state index contributed by atoms with van der Waals surface area (Å²) in [5.41, 5.74) is 1.13. The lowest BCUT2D eigenvalue weighted by Gasteiger charge is -2.18. The molecule has 0 bridgehead atoms. The normalized spacial score (nSPS) is 13.2. The summed E-state index contributed by atoms with van der Waals surface area (Å²) < 4.78 is 0. The molecule has 0 fully saturated rings. The molecule has 0 aromatic carbocycles. The van der Waals surface area contributed by atoms with Gasteiger partial charge in [-0.3, -0.25) is 14.6 Å². The van der Waals surface area contributed by atoms with Crippen molar-refractivity contribution in [3.63, 3.8) is 0 Å². The van der Waals surface area contributed by atoms with Gasteiger partial charge in [-0.1, -0.05) is 23.2 Å². The molecule has 0 aliphatic heterocycles. The first kappa shape index (κ1) is 12.3. The van der Waals surface area contributed by atoms with E-state index in [4.69, 9.17) is 23.2 Å². The highest BCUT2D eigenvalue weighted by Crippen LogP contribution is 2.32. The highest BCUT2D eigenvalue weighted by Gasteiger charge is 2.35. The monoisotopic (exact) mass is 292 g/mol. The fourth-order valence-electron chi connectivity index (χ4n) is 2.12. The Morgan fingerprint density at radius 3 is 2.53 bits per heavy atom. The van der Waals surface area contributed by atoms with Crippen molar-refractivity contribution < 1.29 is 9.59 Å². The zero-order valence-electron chi connectivity index (χ0n) is 9.70. The van der Waals surface area contributed by atoms with E-state index in [9.17, 15) is 9.59 Å². The van der Waals surface area contributed by atoms with Crippen LogP contribution in [0, 0.1) is 6.92 Å². The first-order valence-electron chi connectivity index (χ1n) is 5.41. The second kappa shape index (κ2) is 4.11. The topological polar surface area (TPSA) is 59.9 Å². The number of pyridine rings is 2. The second-order valence-electron chi connectivity index (χ2n) is 4.16. The van der Waals surface area contributed by atoms with Gasteiger partial charge in [-0.15, -0.1) is 0 Å². The summed E-state index contributed by atoms with van der Waals surface area (Å²) in [4.78, 5) is 32.6. The number of aryl methyl sites for hydroxylation is 1. The molecule has 3 rings (SSSR count). The summed E-state index contributed by atoms with van der Waals surface area (Å²) in [6, 6.07) is 3.02. The molecule has 0 N–H and O–H groups in total. The van der Waals surface area contributed by atoms with Gasteiger partial charge in [0.2, 0.25) is 5.78 Å². The smallest absolute Gasteiger partial charge is 0.231 e. The van der Waals surface area contributed by atoms with Gasteiger partial charge < -0.3 is 0 Å². The number of halogens is 2. The highest BCUT2D eigenvalue weighted by molar-refractivity contribution is 6.40. The molecule has 0 saturated carbocycles. The molecule has 0 saturated heterocycles. The molecule has 1 aliphatic rings. The molecule has 0 spiro atoms. The van der Waals surface area contributed by atoms with Gasteiger partial charge in [0.1, 0.15) is 16.5 Å². The summed E-state index contributed by atoms with van der Waals surface area (Å²) in [7, 11) is 0. The number of rotatable bonds is 0. The summed E-state index contributed by atoms with van der Waals surface area (Å²) in [5, 5.41) is 0.197. The summed E-state index contributed by atoms with van der Waals surface area (Å²) in [5.74, 6) is -0.776. The van der Waals surface area contributed by atoms with Crippen molar-refractivity contribution in [2.24, 2.45) is 0 Å². The SMILES string of the molecule is Cc1ccnc2c1C(=O)c1c(Cl)cc(Cl)nc1C2=O. The molecule has 0 radical (unpaired) electrons. The molecule has 0 unspecified atom stereocenters. The lowest BCUT2D eigenvalue weighted by Crippen LogP contribution is -2.25. The van der Waals surface area contributed by atoms with Gasteiger partial charge >= 0.3 is 0 Å². The number of aromatic nitrogens is 2. The average Bonchev–Trinajstić information content (AvgIpc) is 2.34. The summed E-state index contributed by atoms with van der Waals surface area (Å²) in [6.45, 7) is 1.74. The minimum Gasteiger partial charge on any atom is -0.288 e. The van der Waals surface area contributed by atoms with E-state index in [1.165, 1.54) is 12.3 Å². The van der Waals surface area contributed by atoms with Crippen LogP contribution in [0.3, 0.4) is 0 Å². The van der Waals surface area contributed by atoms with Crippen molar-refractivity contribution in [3.05, 3.63) is 56.6 Å². The van der Waals surface area contributed by atoms with Gasteiger partial charge in [0, 0.05) is 6.20 Å². The molecular weight excluding hydrogens is 287 g/mol. The molecule has 2 heterocycles. The molecule has 1 aliphatic carbocycles. The summed E-state index contributed by atoms with van der Waals surface area (Å²) in [6.07, 6.45) is 1.48. The van der Waals surface area contributed by atoms with Crippen molar-refractivity contribution in [2.75, 3.05) is 0 Å². The molecule has 0 atom stereocenters. The Kier molecular flexibility index (Phi) is 2.66. The third kappa shape index (κ3) is 1.68. The molecule has 4 nitrogen and oxygen atoms in total. The van der Waals surface area contributed by atoms with Crippen LogP contribution in [-0.4, -0.2) is 21.5 Å². The maximum Gasteiger partial charge on any atom is 0.231 e. The van der Waals surface area contributed by atoms with E-state index >= 15 is 0 Å². The minimum atomic E-state index is -0.433. The molecule has 0 amide bonds. The Balaban J connectivity index is 2.40. The maximum atomic E-state index is 12.4. The molecule has 6 heteroatoms. The lowest BCUT2D eigenvalue weighted by molar-refractivity contribution is 0.0971. The van der Waals surface area contributed by atoms with E-state index in [0.717, 1.165) is 0 Å². The predicted molar refractivity (Wildman–Crippen MR) is 70.1 cm³/mol. The predicted octanol–water partition coefficient (Wildman–Crippen LogP) is 2.87. The summed E-state index contributed by atoms with van der Waals surface area (Å²) >= 11 is 11.8. The minimum absolute atomic E-state index is 0.0342. The molecule has 94 valence electrons. The first-order chi connectivity index (χ1) is 9.00. The van der Waals surface area contributed by atoms with Crippen LogP contribution in [0.4, 0.5) is 0 Å². The number of nitrogens with zero attached hydrogens (tertiary/aromatic N) is 2. The van der Waals surface area contributed by atoms with Gasteiger partial charge in [0.25, 0.3) is 0 Å². The Bertz CT molecular complexity index is 757. The third-order valence-electron chi connectivity index (χ3n) is 2.98. The zero-order chi connectivity index (χ0) is 13.7. The van der Waals surface area contributed by atoms with E-state index in [1.807, 2.05) is 0 Å². The van der Waals surface area contributed by atoms with Crippen molar-refractivity contribution in [3.8, 4) is 0 Å². The van der Waals surface area contributed by atoms with Gasteiger partial charge in [0.15, 0.2) is 5.78 Å². The fourth-order valence-corrected chi connectivity index (χ4v) is 2.65. The van der Waals surface area contributed by atoms with E-state index in [0.29, 0.717) is 5.56 Å². The lowest BCUT2D eigenvalue weighted by atomic mass is 9.88. The van der Waals surface area contributed by atoms with Gasteiger partial charge in [0.05, 0.1) is 16.1 Å². The molecule has 19 heavy (non-hydrogen) atoms. The quantitative estimate of drug-likeness (QED) is 0.598. The van der Waals surface area contributed by atoms with Crippen LogP contribution in [0.15, 0.2) is 18.3 Å². The Morgan fingerprint density at radius 2 is 1.79 bits per heavy atom. The molecule has 2 aromatic heterocycles. The highest BCUT2D eigenvalue weighted by atomic mass is 35.5. The van der Waals surface area contributed by atoms with E-state index in [-0.39, 0.29) is 38.5 Å². The number of hydrogen-bond donors (Lipinski definition) is 0. The van der Waals surface area contributed by atoms with Gasteiger partial charge in [-0.25, -0.2) is 4.98 Å².